The fourth-order valence-corrected chi connectivity index (χ4v) is 2.02. The molecule has 2 rings (SSSR count). The molecule has 2 aromatic rings. The van der Waals surface area contributed by atoms with Gasteiger partial charge in [-0.1, -0.05) is 17.7 Å². The lowest BCUT2D eigenvalue weighted by Crippen LogP contribution is -2.04. The SMILES string of the molecule is O=[N+]([O-])c1cccc(Cl)c1Cn1cc(Br)cn1. The lowest BCUT2D eigenvalue weighted by Gasteiger charge is -2.05. The topological polar surface area (TPSA) is 61.0 Å². The molecule has 0 bridgehead atoms. The van der Waals surface area contributed by atoms with Gasteiger partial charge in [0.15, 0.2) is 0 Å². The van der Waals surface area contributed by atoms with Crippen LogP contribution < -0.4 is 0 Å². The largest absolute Gasteiger partial charge is 0.275 e. The monoisotopic (exact) mass is 315 g/mol. The van der Waals surface area contributed by atoms with Crippen molar-refractivity contribution in [3.8, 4) is 0 Å². The third-order valence-corrected chi connectivity index (χ3v) is 2.98. The molecule has 0 saturated heterocycles. The van der Waals surface area contributed by atoms with Crippen molar-refractivity contribution >= 4 is 33.2 Å². The highest BCUT2D eigenvalue weighted by atomic mass is 79.9. The zero-order valence-corrected chi connectivity index (χ0v) is 10.8. The molecule has 0 saturated carbocycles. The first kappa shape index (κ1) is 12.1. The van der Waals surface area contributed by atoms with Crippen molar-refractivity contribution in [2.75, 3.05) is 0 Å². The number of nitrogens with zero attached hydrogens (tertiary/aromatic N) is 3. The lowest BCUT2D eigenvalue weighted by atomic mass is 10.2. The minimum Gasteiger partial charge on any atom is -0.267 e. The normalized spacial score (nSPS) is 10.5. The number of hydrogen-bond donors (Lipinski definition) is 0. The van der Waals surface area contributed by atoms with Crippen LogP contribution in [0.4, 0.5) is 5.69 Å². The maximum Gasteiger partial charge on any atom is 0.275 e. The molecule has 1 aromatic heterocycles. The van der Waals surface area contributed by atoms with Crippen molar-refractivity contribution in [2.24, 2.45) is 0 Å². The summed E-state index contributed by atoms with van der Waals surface area (Å²) in [6.07, 6.45) is 3.34. The van der Waals surface area contributed by atoms with Gasteiger partial charge in [-0.25, -0.2) is 0 Å². The Hall–Kier alpha value is -1.40. The molecule has 17 heavy (non-hydrogen) atoms. The third kappa shape index (κ3) is 2.65. The van der Waals surface area contributed by atoms with E-state index < -0.39 is 4.92 Å². The smallest absolute Gasteiger partial charge is 0.267 e. The number of benzene rings is 1. The van der Waals surface area contributed by atoms with Gasteiger partial charge in [-0.2, -0.15) is 5.10 Å². The molecule has 88 valence electrons. The lowest BCUT2D eigenvalue weighted by molar-refractivity contribution is -0.385. The van der Waals surface area contributed by atoms with Crippen LogP contribution in [0.3, 0.4) is 0 Å². The third-order valence-electron chi connectivity index (χ3n) is 2.21. The predicted octanol–water partition coefficient (Wildman–Crippen LogP) is 3.26. The van der Waals surface area contributed by atoms with E-state index in [0.717, 1.165) is 4.47 Å². The predicted molar refractivity (Wildman–Crippen MR) is 67.1 cm³/mol. The van der Waals surface area contributed by atoms with E-state index in [2.05, 4.69) is 21.0 Å². The van der Waals surface area contributed by atoms with E-state index in [-0.39, 0.29) is 12.2 Å². The fourth-order valence-electron chi connectivity index (χ4n) is 1.46. The summed E-state index contributed by atoms with van der Waals surface area (Å²) in [5.74, 6) is 0. The number of aromatic nitrogens is 2. The summed E-state index contributed by atoms with van der Waals surface area (Å²) < 4.78 is 2.39. The van der Waals surface area contributed by atoms with Gasteiger partial charge >= 0.3 is 0 Å². The quantitative estimate of drug-likeness (QED) is 0.645. The van der Waals surface area contributed by atoms with E-state index in [4.69, 9.17) is 11.6 Å². The number of hydrogen-bond acceptors (Lipinski definition) is 3. The van der Waals surface area contributed by atoms with Crippen molar-refractivity contribution in [1.82, 2.24) is 9.78 Å². The molecule has 0 aliphatic carbocycles. The number of nitro benzene ring substituents is 1. The maximum atomic E-state index is 10.9. The summed E-state index contributed by atoms with van der Waals surface area (Å²) in [6, 6.07) is 4.62. The molecule has 5 nitrogen and oxygen atoms in total. The van der Waals surface area contributed by atoms with E-state index >= 15 is 0 Å². The summed E-state index contributed by atoms with van der Waals surface area (Å²) in [5.41, 5.74) is 0.457. The van der Waals surface area contributed by atoms with Gasteiger partial charge in [0.05, 0.1) is 32.7 Å². The molecular formula is C10H7BrClN3O2. The Morgan fingerprint density at radius 2 is 2.29 bits per heavy atom. The molecule has 0 aliphatic rings. The summed E-state index contributed by atoms with van der Waals surface area (Å²) >= 11 is 9.23. The highest BCUT2D eigenvalue weighted by Gasteiger charge is 2.17. The van der Waals surface area contributed by atoms with Crippen LogP contribution in [0, 0.1) is 10.1 Å². The molecular weight excluding hydrogens is 309 g/mol. The van der Waals surface area contributed by atoms with Gasteiger partial charge in [0.2, 0.25) is 0 Å². The first-order chi connectivity index (χ1) is 8.08. The van der Waals surface area contributed by atoms with Crippen LogP contribution in [-0.2, 0) is 6.54 Å². The zero-order valence-electron chi connectivity index (χ0n) is 8.51. The molecule has 0 amide bonds. The Bertz CT molecular complexity index is 570. The minimum absolute atomic E-state index is 0.00382. The van der Waals surface area contributed by atoms with Gasteiger partial charge in [-0.3, -0.25) is 14.8 Å². The van der Waals surface area contributed by atoms with Crippen molar-refractivity contribution in [2.45, 2.75) is 6.54 Å². The van der Waals surface area contributed by atoms with Gasteiger partial charge in [0, 0.05) is 12.3 Å². The van der Waals surface area contributed by atoms with Crippen LogP contribution in [0.25, 0.3) is 0 Å². The Morgan fingerprint density at radius 1 is 1.53 bits per heavy atom. The number of nitro groups is 1. The zero-order chi connectivity index (χ0) is 12.4. The molecule has 0 fully saturated rings. The van der Waals surface area contributed by atoms with Crippen LogP contribution in [0.2, 0.25) is 5.02 Å². The second-order valence-corrected chi connectivity index (χ2v) is 4.67. The minimum atomic E-state index is -0.445. The molecule has 1 aromatic carbocycles. The van der Waals surface area contributed by atoms with Crippen LogP contribution in [0.5, 0.6) is 0 Å². The molecule has 0 N–H and O–H groups in total. The second-order valence-electron chi connectivity index (χ2n) is 3.35. The first-order valence-electron chi connectivity index (χ1n) is 4.67. The summed E-state index contributed by atoms with van der Waals surface area (Å²) in [5, 5.41) is 15.3. The first-order valence-corrected chi connectivity index (χ1v) is 5.85. The highest BCUT2D eigenvalue weighted by Crippen LogP contribution is 2.27. The molecule has 0 aliphatic heterocycles. The average Bonchev–Trinajstić information content (AvgIpc) is 2.67. The van der Waals surface area contributed by atoms with Crippen molar-refractivity contribution in [3.63, 3.8) is 0 Å². The molecule has 0 radical (unpaired) electrons. The van der Waals surface area contributed by atoms with Crippen molar-refractivity contribution in [1.29, 1.82) is 0 Å². The Kier molecular flexibility index (Phi) is 3.44. The molecule has 7 heteroatoms. The Labute approximate surface area is 110 Å². The second kappa shape index (κ2) is 4.85. The van der Waals surface area contributed by atoms with Gasteiger partial charge in [0.25, 0.3) is 5.69 Å². The number of rotatable bonds is 3. The Balaban J connectivity index is 2.40. The van der Waals surface area contributed by atoms with Gasteiger partial charge in [0.1, 0.15) is 0 Å². The maximum absolute atomic E-state index is 10.9. The van der Waals surface area contributed by atoms with Gasteiger partial charge in [-0.15, -0.1) is 0 Å². The molecule has 1 heterocycles. The van der Waals surface area contributed by atoms with E-state index in [9.17, 15) is 10.1 Å². The van der Waals surface area contributed by atoms with Crippen LogP contribution in [-0.4, -0.2) is 14.7 Å². The summed E-state index contributed by atoms with van der Waals surface area (Å²) in [4.78, 5) is 10.4. The van der Waals surface area contributed by atoms with Crippen LogP contribution in [0.1, 0.15) is 5.56 Å². The van der Waals surface area contributed by atoms with E-state index in [0.29, 0.717) is 10.6 Å². The van der Waals surface area contributed by atoms with Gasteiger partial charge in [-0.05, 0) is 22.0 Å². The Morgan fingerprint density at radius 3 is 2.88 bits per heavy atom. The van der Waals surface area contributed by atoms with E-state index in [1.807, 2.05) is 0 Å². The average molecular weight is 317 g/mol. The van der Waals surface area contributed by atoms with Gasteiger partial charge < -0.3 is 0 Å². The molecule has 0 unspecified atom stereocenters. The standard InChI is InChI=1S/C10H7BrClN3O2/c11-7-4-13-14(5-7)6-8-9(12)2-1-3-10(8)15(16)17/h1-5H,6H2. The summed E-state index contributed by atoms with van der Waals surface area (Å²) in [6.45, 7) is 0.265. The van der Waals surface area contributed by atoms with Crippen LogP contribution in [0.15, 0.2) is 35.1 Å². The summed E-state index contributed by atoms with van der Waals surface area (Å²) in [7, 11) is 0. The van der Waals surface area contributed by atoms with Crippen molar-refractivity contribution in [3.05, 3.63) is 55.8 Å². The molecule has 0 atom stereocenters. The van der Waals surface area contributed by atoms with E-state index in [1.54, 1.807) is 29.2 Å². The number of halogens is 2. The van der Waals surface area contributed by atoms with Crippen LogP contribution >= 0.6 is 27.5 Å². The van der Waals surface area contributed by atoms with E-state index in [1.165, 1.54) is 6.07 Å². The fraction of sp³-hybridized carbons (Fsp3) is 0.100. The van der Waals surface area contributed by atoms with Crippen molar-refractivity contribution < 1.29 is 4.92 Å². The molecule has 0 spiro atoms. The highest BCUT2D eigenvalue weighted by molar-refractivity contribution is 9.10.